The Morgan fingerprint density at radius 2 is 1.59 bits per heavy atom. The van der Waals surface area contributed by atoms with Gasteiger partial charge in [0.2, 0.25) is 0 Å². The molecule has 0 aliphatic heterocycles. The van der Waals surface area contributed by atoms with Crippen LogP contribution in [-0.2, 0) is 0 Å². The molecule has 0 spiro atoms. The highest BCUT2D eigenvalue weighted by molar-refractivity contribution is 7.77. The highest BCUT2D eigenvalue weighted by Gasteiger charge is 2.41. The predicted molar refractivity (Wildman–Crippen MR) is 101 cm³/mol. The molecule has 3 aliphatic carbocycles. The smallest absolute Gasteiger partial charge is 0.113 e. The molecule has 6 rings (SSSR count). The van der Waals surface area contributed by atoms with Gasteiger partial charge in [0.05, 0.1) is 0 Å². The maximum Gasteiger partial charge on any atom is 0.144 e. The van der Waals surface area contributed by atoms with E-state index in [2.05, 4.69) is 50.3 Å². The van der Waals surface area contributed by atoms with Crippen molar-refractivity contribution in [3.05, 3.63) is 50.7 Å². The van der Waals surface area contributed by atoms with Crippen LogP contribution in [0.2, 0.25) is 0 Å². The van der Waals surface area contributed by atoms with Crippen LogP contribution in [0.1, 0.15) is 43.2 Å². The molecule has 0 N–H and O–H groups in total. The Bertz CT molecular complexity index is 1020. The van der Waals surface area contributed by atoms with Crippen LogP contribution in [-0.4, -0.2) is 0 Å². The van der Waals surface area contributed by atoms with Gasteiger partial charge in [0.15, 0.2) is 0 Å². The fraction of sp³-hybridized carbons (Fsp3) is 0.316. The van der Waals surface area contributed by atoms with E-state index >= 15 is 0 Å². The summed E-state index contributed by atoms with van der Waals surface area (Å²) in [5.41, 5.74) is 3.48. The second-order valence-corrected chi connectivity index (χ2v) is 10.5. The summed E-state index contributed by atoms with van der Waals surface area (Å²) in [6.45, 7) is 4.82. The molecule has 0 fully saturated rings. The average Bonchev–Trinajstić information content (AvgIpc) is 2.81. The van der Waals surface area contributed by atoms with Gasteiger partial charge in [0.25, 0.3) is 0 Å². The van der Waals surface area contributed by atoms with Crippen LogP contribution in [0.3, 0.4) is 0 Å². The molecule has 2 bridgehead atoms. The molecular weight excluding hydrogens is 324 g/mol. The lowest BCUT2D eigenvalue weighted by atomic mass is 9.58. The van der Waals surface area contributed by atoms with Crippen molar-refractivity contribution < 1.29 is 0 Å². The molecular formula is C19H16S3. The summed E-state index contributed by atoms with van der Waals surface area (Å²) >= 11 is 8.84. The van der Waals surface area contributed by atoms with Crippen LogP contribution in [0.5, 0.6) is 0 Å². The van der Waals surface area contributed by atoms with Crippen molar-refractivity contribution in [3.8, 4) is 0 Å². The van der Waals surface area contributed by atoms with Gasteiger partial charge in [-0.2, -0.15) is 0 Å². The molecule has 3 heteroatoms. The average molecular weight is 341 g/mol. The molecule has 110 valence electrons. The summed E-state index contributed by atoms with van der Waals surface area (Å²) in [5.74, 6) is 1.16. The minimum absolute atomic E-state index is 0.378. The fourth-order valence-corrected chi connectivity index (χ4v) is 6.84. The second kappa shape index (κ2) is 4.28. The van der Waals surface area contributed by atoms with Crippen LogP contribution < -0.4 is 0 Å². The molecule has 0 radical (unpaired) electrons. The number of hydrogen-bond acceptors (Lipinski definition) is 3. The van der Waals surface area contributed by atoms with Gasteiger partial charge in [-0.25, -0.2) is 0 Å². The quantitative estimate of drug-likeness (QED) is 0.313. The highest BCUT2D eigenvalue weighted by atomic mass is 32.2. The molecule has 1 aromatic heterocycles. The molecule has 0 saturated heterocycles. The van der Waals surface area contributed by atoms with Crippen LogP contribution >= 0.6 is 34.9 Å². The number of allylic oxidation sites excluding steroid dienone is 2. The SMILES string of the molecule is CC1(C)CC2C=CC1c1cc3cc4sc(=S)sc4cc3cc12. The van der Waals surface area contributed by atoms with Gasteiger partial charge < -0.3 is 0 Å². The summed E-state index contributed by atoms with van der Waals surface area (Å²) in [5, 5.41) is 2.74. The summed E-state index contributed by atoms with van der Waals surface area (Å²) in [6.07, 6.45) is 6.14. The molecule has 3 aliphatic rings. The van der Waals surface area contributed by atoms with Crippen molar-refractivity contribution >= 4 is 55.1 Å². The van der Waals surface area contributed by atoms with Gasteiger partial charge >= 0.3 is 0 Å². The Kier molecular flexibility index (Phi) is 2.61. The largest absolute Gasteiger partial charge is 0.144 e. The van der Waals surface area contributed by atoms with E-state index in [1.807, 2.05) is 0 Å². The van der Waals surface area contributed by atoms with E-state index in [1.165, 1.54) is 26.6 Å². The Labute approximate surface area is 143 Å². The predicted octanol–water partition coefficient (Wildman–Crippen LogP) is 7.01. The standard InChI is InChI=1S/C19H16S3/c1-19(2)9-10-3-4-15(19)14-6-12-8-17-16(21-18(20)22-17)7-11(12)5-13(10)14/h3-8,10,15H,9H2,1-2H3. The van der Waals surface area contributed by atoms with Crippen LogP contribution in [0.4, 0.5) is 0 Å². The van der Waals surface area contributed by atoms with E-state index < -0.39 is 0 Å². The maximum atomic E-state index is 5.36. The molecule has 3 aromatic rings. The minimum Gasteiger partial charge on any atom is -0.113 e. The van der Waals surface area contributed by atoms with E-state index in [4.69, 9.17) is 12.2 Å². The van der Waals surface area contributed by atoms with Crippen molar-refractivity contribution in [2.24, 2.45) is 5.41 Å². The number of rotatable bonds is 0. The van der Waals surface area contributed by atoms with Crippen LogP contribution in [0.15, 0.2) is 36.4 Å². The lowest BCUT2D eigenvalue weighted by molar-refractivity contribution is 0.251. The third-order valence-electron chi connectivity index (χ3n) is 5.35. The van der Waals surface area contributed by atoms with Crippen LogP contribution in [0, 0.1) is 8.55 Å². The Morgan fingerprint density at radius 1 is 0.955 bits per heavy atom. The summed E-state index contributed by atoms with van der Waals surface area (Å²) in [7, 11) is 0. The second-order valence-electron chi connectivity index (χ2n) is 7.24. The molecule has 0 nitrogen and oxygen atoms in total. The molecule has 0 amide bonds. The van der Waals surface area contributed by atoms with Crippen LogP contribution in [0.25, 0.3) is 20.2 Å². The zero-order valence-corrected chi connectivity index (χ0v) is 15.0. The molecule has 22 heavy (non-hydrogen) atoms. The number of benzene rings is 2. The fourth-order valence-electron chi connectivity index (χ4n) is 4.30. The van der Waals surface area contributed by atoms with E-state index in [-0.39, 0.29) is 0 Å². The summed E-state index contributed by atoms with van der Waals surface area (Å²) in [4.78, 5) is 0. The molecule has 2 atom stereocenters. The Morgan fingerprint density at radius 3 is 2.23 bits per heavy atom. The molecule has 2 unspecified atom stereocenters. The van der Waals surface area contributed by atoms with Crippen molar-refractivity contribution in [2.75, 3.05) is 0 Å². The van der Waals surface area contributed by atoms with Gasteiger partial charge in [-0.15, -0.1) is 22.7 Å². The monoisotopic (exact) mass is 340 g/mol. The van der Waals surface area contributed by atoms with E-state index in [9.17, 15) is 0 Å². The number of fused-ring (bicyclic) bond motifs is 3. The third kappa shape index (κ3) is 1.76. The topological polar surface area (TPSA) is 0 Å². The first-order chi connectivity index (χ1) is 10.5. The first-order valence-corrected chi connectivity index (χ1v) is 9.75. The molecule has 0 saturated carbocycles. The lowest BCUT2D eigenvalue weighted by Gasteiger charge is -2.46. The van der Waals surface area contributed by atoms with Crippen molar-refractivity contribution in [1.29, 1.82) is 0 Å². The van der Waals surface area contributed by atoms with Gasteiger partial charge in [-0.1, -0.05) is 50.4 Å². The third-order valence-corrected chi connectivity index (χ3v) is 7.93. The Hall–Kier alpha value is -1.03. The Balaban J connectivity index is 1.84. The van der Waals surface area contributed by atoms with Crippen molar-refractivity contribution in [1.82, 2.24) is 0 Å². The summed E-state index contributed by atoms with van der Waals surface area (Å²) in [6, 6.07) is 9.55. The normalized spacial score (nSPS) is 25.0. The zero-order valence-electron chi connectivity index (χ0n) is 12.6. The van der Waals surface area contributed by atoms with Crippen molar-refractivity contribution in [2.45, 2.75) is 32.1 Å². The van der Waals surface area contributed by atoms with E-state index in [0.717, 1.165) is 3.14 Å². The minimum atomic E-state index is 0.378. The summed E-state index contributed by atoms with van der Waals surface area (Å²) < 4.78 is 3.69. The van der Waals surface area contributed by atoms with E-state index in [1.54, 1.807) is 33.8 Å². The first kappa shape index (κ1) is 13.4. The van der Waals surface area contributed by atoms with Gasteiger partial charge in [0.1, 0.15) is 3.14 Å². The van der Waals surface area contributed by atoms with Crippen molar-refractivity contribution in [3.63, 3.8) is 0 Å². The maximum absolute atomic E-state index is 5.36. The van der Waals surface area contributed by atoms with E-state index in [0.29, 0.717) is 17.3 Å². The van der Waals surface area contributed by atoms with Gasteiger partial charge in [0, 0.05) is 21.2 Å². The molecule has 2 aromatic carbocycles. The van der Waals surface area contributed by atoms with Gasteiger partial charge in [-0.05, 0) is 45.9 Å². The lowest BCUT2D eigenvalue weighted by Crippen LogP contribution is -2.32. The zero-order chi connectivity index (χ0) is 15.1. The van der Waals surface area contributed by atoms with Gasteiger partial charge in [-0.3, -0.25) is 0 Å². The first-order valence-electron chi connectivity index (χ1n) is 7.71. The molecule has 1 heterocycles. The highest BCUT2D eigenvalue weighted by Crippen LogP contribution is 2.55. The number of hydrogen-bond donors (Lipinski definition) is 0.